The lowest BCUT2D eigenvalue weighted by molar-refractivity contribution is -0.143. The lowest BCUT2D eigenvalue weighted by atomic mass is 9.91. The first kappa shape index (κ1) is 23.3. The highest BCUT2D eigenvalue weighted by Gasteiger charge is 2.28. The van der Waals surface area contributed by atoms with E-state index in [1.807, 2.05) is 60.7 Å². The van der Waals surface area contributed by atoms with Gasteiger partial charge in [0.2, 0.25) is 0 Å². The zero-order valence-electron chi connectivity index (χ0n) is 20.0. The molecule has 2 aromatic carbocycles. The van der Waals surface area contributed by atoms with Crippen LogP contribution in [0.3, 0.4) is 0 Å². The van der Waals surface area contributed by atoms with Crippen LogP contribution in [0.5, 0.6) is 0 Å². The van der Waals surface area contributed by atoms with Crippen LogP contribution in [0.1, 0.15) is 29.7 Å². The molecule has 36 heavy (non-hydrogen) atoms. The summed E-state index contributed by atoms with van der Waals surface area (Å²) in [7, 11) is 0. The predicted molar refractivity (Wildman–Crippen MR) is 141 cm³/mol. The molecule has 0 saturated heterocycles. The summed E-state index contributed by atoms with van der Waals surface area (Å²) in [5.74, 6) is -1.05. The van der Waals surface area contributed by atoms with Gasteiger partial charge in [-0.2, -0.15) is 0 Å². The third kappa shape index (κ3) is 4.59. The number of esters is 1. The summed E-state index contributed by atoms with van der Waals surface area (Å²) in [6.07, 6.45) is 5.04. The quantitative estimate of drug-likeness (QED) is 0.313. The number of ether oxygens (including phenoxy) is 1. The normalized spacial score (nSPS) is 11.8. The molecule has 2 N–H and O–H groups in total. The first-order chi connectivity index (χ1) is 17.7. The van der Waals surface area contributed by atoms with Crippen molar-refractivity contribution in [2.45, 2.75) is 19.4 Å². The number of benzene rings is 2. The van der Waals surface area contributed by atoms with Gasteiger partial charge in [0.1, 0.15) is 5.92 Å². The van der Waals surface area contributed by atoms with Gasteiger partial charge in [-0.1, -0.05) is 54.6 Å². The molecule has 0 aliphatic rings. The summed E-state index contributed by atoms with van der Waals surface area (Å²) in [6, 6.07) is 25.8. The number of rotatable bonds is 7. The molecule has 178 valence electrons. The molecular formula is C30H26N4O2. The van der Waals surface area contributed by atoms with Crippen LogP contribution < -0.4 is 5.73 Å². The van der Waals surface area contributed by atoms with E-state index in [1.54, 1.807) is 25.5 Å². The highest BCUT2D eigenvalue weighted by Crippen LogP contribution is 2.37. The standard InChI is InChI=1S/C30H26N4O2/c1-2-36-30(35)27(22-12-15-32-16-13-22)29-25-18-24(21-6-4-3-5-7-21)28(34-26(25)14-17-33-29)23-10-8-20(19-31)9-11-23/h3-18,27H,2,19,31H2,1H3. The van der Waals surface area contributed by atoms with E-state index < -0.39 is 5.92 Å². The molecule has 1 atom stereocenters. The zero-order chi connectivity index (χ0) is 24.9. The Kier molecular flexibility index (Phi) is 6.78. The topological polar surface area (TPSA) is 91.0 Å². The largest absolute Gasteiger partial charge is 0.465 e. The van der Waals surface area contributed by atoms with Crippen molar-refractivity contribution >= 4 is 16.9 Å². The molecule has 0 saturated carbocycles. The van der Waals surface area contributed by atoms with Crippen LogP contribution in [0.4, 0.5) is 0 Å². The minimum Gasteiger partial charge on any atom is -0.465 e. The first-order valence-electron chi connectivity index (χ1n) is 11.9. The van der Waals surface area contributed by atoms with Crippen molar-refractivity contribution in [1.82, 2.24) is 15.0 Å². The van der Waals surface area contributed by atoms with Gasteiger partial charge in [0.15, 0.2) is 0 Å². The molecule has 5 aromatic rings. The van der Waals surface area contributed by atoms with Crippen LogP contribution in [-0.2, 0) is 16.1 Å². The van der Waals surface area contributed by atoms with E-state index >= 15 is 0 Å². The van der Waals surface area contributed by atoms with Crippen molar-refractivity contribution < 1.29 is 9.53 Å². The lowest BCUT2D eigenvalue weighted by Gasteiger charge is -2.19. The second-order valence-electron chi connectivity index (χ2n) is 8.38. The van der Waals surface area contributed by atoms with Crippen LogP contribution >= 0.6 is 0 Å². The molecule has 0 radical (unpaired) electrons. The van der Waals surface area contributed by atoms with Gasteiger partial charge in [0.25, 0.3) is 0 Å². The molecule has 3 heterocycles. The Morgan fingerprint density at radius 2 is 1.67 bits per heavy atom. The number of fused-ring (bicyclic) bond motifs is 1. The molecule has 0 amide bonds. The van der Waals surface area contributed by atoms with Crippen LogP contribution in [0.2, 0.25) is 0 Å². The summed E-state index contributed by atoms with van der Waals surface area (Å²) < 4.78 is 5.46. The molecule has 6 heteroatoms. The smallest absolute Gasteiger partial charge is 0.319 e. The molecule has 1 unspecified atom stereocenters. The van der Waals surface area contributed by atoms with E-state index in [9.17, 15) is 4.79 Å². The highest BCUT2D eigenvalue weighted by atomic mass is 16.5. The van der Waals surface area contributed by atoms with Gasteiger partial charge in [-0.25, -0.2) is 4.98 Å². The fraction of sp³-hybridized carbons (Fsp3) is 0.133. The Morgan fingerprint density at radius 1 is 0.917 bits per heavy atom. The summed E-state index contributed by atoms with van der Waals surface area (Å²) in [4.78, 5) is 27.0. The van der Waals surface area contributed by atoms with Crippen molar-refractivity contribution in [3.63, 3.8) is 0 Å². The number of nitrogens with zero attached hydrogens (tertiary/aromatic N) is 3. The molecule has 6 nitrogen and oxygen atoms in total. The van der Waals surface area contributed by atoms with Crippen molar-refractivity contribution in [2.75, 3.05) is 6.61 Å². The van der Waals surface area contributed by atoms with Gasteiger partial charge in [-0.05, 0) is 47.9 Å². The van der Waals surface area contributed by atoms with Crippen molar-refractivity contribution in [3.05, 3.63) is 114 Å². The van der Waals surface area contributed by atoms with Gasteiger partial charge in [0, 0.05) is 41.6 Å². The summed E-state index contributed by atoms with van der Waals surface area (Å²) in [6.45, 7) is 2.56. The first-order valence-corrected chi connectivity index (χ1v) is 11.9. The second-order valence-corrected chi connectivity index (χ2v) is 8.38. The number of pyridine rings is 3. The van der Waals surface area contributed by atoms with E-state index in [0.29, 0.717) is 12.2 Å². The van der Waals surface area contributed by atoms with E-state index in [4.69, 9.17) is 15.5 Å². The number of nitrogens with two attached hydrogens (primary N) is 1. The minimum absolute atomic E-state index is 0.279. The minimum atomic E-state index is -0.697. The van der Waals surface area contributed by atoms with E-state index in [0.717, 1.165) is 44.4 Å². The van der Waals surface area contributed by atoms with Gasteiger partial charge in [-0.3, -0.25) is 14.8 Å². The average Bonchev–Trinajstić information content (AvgIpc) is 2.94. The lowest BCUT2D eigenvalue weighted by Crippen LogP contribution is -2.19. The van der Waals surface area contributed by atoms with Crippen LogP contribution in [-0.4, -0.2) is 27.5 Å². The molecule has 5 rings (SSSR count). The third-order valence-corrected chi connectivity index (χ3v) is 6.16. The number of carbonyl (C=O) groups excluding carboxylic acids is 1. The van der Waals surface area contributed by atoms with Gasteiger partial charge >= 0.3 is 5.97 Å². The maximum Gasteiger partial charge on any atom is 0.319 e. The molecule has 0 bridgehead atoms. The number of carbonyl (C=O) groups is 1. The Morgan fingerprint density at radius 3 is 2.36 bits per heavy atom. The Hall–Kier alpha value is -4.42. The molecule has 0 aliphatic heterocycles. The second kappa shape index (κ2) is 10.5. The van der Waals surface area contributed by atoms with Crippen LogP contribution in [0.15, 0.2) is 97.5 Å². The highest BCUT2D eigenvalue weighted by molar-refractivity contribution is 5.96. The fourth-order valence-corrected chi connectivity index (χ4v) is 4.39. The molecule has 0 aliphatic carbocycles. The van der Waals surface area contributed by atoms with Crippen LogP contribution in [0, 0.1) is 0 Å². The fourth-order valence-electron chi connectivity index (χ4n) is 4.39. The summed E-state index contributed by atoms with van der Waals surface area (Å²) in [5, 5.41) is 0.800. The molecule has 3 aromatic heterocycles. The Labute approximate surface area is 209 Å². The molecule has 0 fully saturated rings. The molecule has 0 spiro atoms. The van der Waals surface area contributed by atoms with Crippen molar-refractivity contribution in [3.8, 4) is 22.4 Å². The number of aromatic nitrogens is 3. The maximum atomic E-state index is 13.2. The van der Waals surface area contributed by atoms with Crippen LogP contribution in [0.25, 0.3) is 33.3 Å². The van der Waals surface area contributed by atoms with Crippen molar-refractivity contribution in [1.29, 1.82) is 0 Å². The molecular weight excluding hydrogens is 448 g/mol. The predicted octanol–water partition coefficient (Wildman–Crippen LogP) is 5.51. The average molecular weight is 475 g/mol. The Bertz CT molecular complexity index is 1490. The van der Waals surface area contributed by atoms with Crippen molar-refractivity contribution in [2.24, 2.45) is 5.73 Å². The monoisotopic (exact) mass is 474 g/mol. The summed E-state index contributed by atoms with van der Waals surface area (Å²) in [5.41, 5.74) is 12.8. The zero-order valence-corrected chi connectivity index (χ0v) is 20.0. The third-order valence-electron chi connectivity index (χ3n) is 6.16. The summed E-state index contributed by atoms with van der Waals surface area (Å²) >= 11 is 0. The van der Waals surface area contributed by atoms with Gasteiger partial charge in [-0.15, -0.1) is 0 Å². The van der Waals surface area contributed by atoms with Gasteiger partial charge in [0.05, 0.1) is 23.5 Å². The SMILES string of the molecule is CCOC(=O)C(c1ccncc1)c1nccc2nc(-c3ccc(CN)cc3)c(-c3ccccc3)cc12. The van der Waals surface area contributed by atoms with E-state index in [1.165, 1.54) is 0 Å². The van der Waals surface area contributed by atoms with E-state index in [2.05, 4.69) is 28.2 Å². The van der Waals surface area contributed by atoms with Gasteiger partial charge < -0.3 is 10.5 Å². The number of hydrogen-bond acceptors (Lipinski definition) is 6. The van der Waals surface area contributed by atoms with E-state index in [-0.39, 0.29) is 12.6 Å². The maximum absolute atomic E-state index is 13.2. The Balaban J connectivity index is 1.76. The number of hydrogen-bond donors (Lipinski definition) is 1.